The van der Waals surface area contributed by atoms with Crippen LogP contribution in [0.1, 0.15) is 10.4 Å². The Morgan fingerprint density at radius 3 is 1.97 bits per heavy atom. The van der Waals surface area contributed by atoms with E-state index in [0.717, 1.165) is 19.2 Å². The van der Waals surface area contributed by atoms with Crippen LogP contribution >= 0.6 is 0 Å². The van der Waals surface area contributed by atoms with Gasteiger partial charge in [0.1, 0.15) is 5.75 Å². The lowest BCUT2D eigenvalue weighted by molar-refractivity contribution is -0.274. The zero-order chi connectivity index (χ0) is 23.6. The molecule has 1 aromatic carbocycles. The third-order valence-electron chi connectivity index (χ3n) is 4.86. The predicted octanol–water partition coefficient (Wildman–Crippen LogP) is 3.00. The van der Waals surface area contributed by atoms with Gasteiger partial charge in [0.05, 0.1) is 18.4 Å². The fourth-order valence-electron chi connectivity index (χ4n) is 3.68. The number of carboxylic acid groups (broad SMARTS) is 1. The van der Waals surface area contributed by atoms with Gasteiger partial charge in [-0.15, -0.1) is 13.2 Å². The summed E-state index contributed by atoms with van der Waals surface area (Å²) in [6.07, 6.45) is -9.85. The van der Waals surface area contributed by atoms with E-state index in [9.17, 15) is 31.1 Å². The third kappa shape index (κ3) is 6.64. The number of hydrogen-bond acceptors (Lipinski definition) is 6. The molecule has 0 spiro atoms. The summed E-state index contributed by atoms with van der Waals surface area (Å²) in [5, 5.41) is 7.12. The van der Waals surface area contributed by atoms with Crippen LogP contribution in [0.15, 0.2) is 18.2 Å². The van der Waals surface area contributed by atoms with Gasteiger partial charge in [-0.1, -0.05) is 0 Å². The summed E-state index contributed by atoms with van der Waals surface area (Å²) in [6, 6.07) is 3.72. The van der Waals surface area contributed by atoms with Gasteiger partial charge in [0.2, 0.25) is 0 Å². The maximum atomic E-state index is 12.5. The minimum Gasteiger partial charge on any atom is -0.475 e. The Morgan fingerprint density at radius 2 is 1.55 bits per heavy atom. The number of carbonyl (C=O) groups excluding carboxylic acids is 1. The summed E-state index contributed by atoms with van der Waals surface area (Å²) < 4.78 is 77.9. The molecule has 2 aliphatic rings. The van der Waals surface area contributed by atoms with Crippen molar-refractivity contribution in [1.29, 1.82) is 0 Å². The van der Waals surface area contributed by atoms with Crippen LogP contribution in [-0.4, -0.2) is 74.8 Å². The van der Waals surface area contributed by atoms with E-state index < -0.39 is 24.5 Å². The molecule has 0 unspecified atom stereocenters. The molecular formula is C18H20F6N2O5. The van der Waals surface area contributed by atoms with E-state index in [1.54, 1.807) is 0 Å². The van der Waals surface area contributed by atoms with Crippen LogP contribution in [0.5, 0.6) is 5.75 Å². The van der Waals surface area contributed by atoms with Gasteiger partial charge in [-0.05, 0) is 31.0 Å². The predicted molar refractivity (Wildman–Crippen MR) is 94.8 cm³/mol. The standard InChI is InChI=1S/C16H19F3N2O3.C2HF3O2/c1-20-6-10-8-21(9-11(10)7-20)14-5-12(24-16(17,18)19)3-4-13(14)15(22)23-2;3-2(4,5)1(6)7/h3-5,10-11H,6-9H2,1-2H3;(H,6,7)/t10-,11+;. The number of nitrogens with zero attached hydrogens (tertiary/aromatic N) is 2. The second-order valence-electron chi connectivity index (χ2n) is 7.17. The van der Waals surface area contributed by atoms with Crippen molar-refractivity contribution in [3.63, 3.8) is 0 Å². The van der Waals surface area contributed by atoms with Gasteiger partial charge < -0.3 is 24.4 Å². The molecule has 2 aliphatic heterocycles. The summed E-state index contributed by atoms with van der Waals surface area (Å²) >= 11 is 0. The van der Waals surface area contributed by atoms with Crippen molar-refractivity contribution in [3.05, 3.63) is 23.8 Å². The van der Waals surface area contributed by atoms with Gasteiger partial charge in [-0.3, -0.25) is 0 Å². The number of likely N-dealkylation sites (tertiary alicyclic amines) is 1. The fraction of sp³-hybridized carbons (Fsp3) is 0.556. The molecule has 0 amide bonds. The number of ether oxygens (including phenoxy) is 2. The lowest BCUT2D eigenvalue weighted by atomic mass is 10.0. The highest BCUT2D eigenvalue weighted by molar-refractivity contribution is 5.96. The Hall–Kier alpha value is -2.70. The zero-order valence-electron chi connectivity index (χ0n) is 16.5. The van der Waals surface area contributed by atoms with E-state index in [1.807, 2.05) is 4.90 Å². The van der Waals surface area contributed by atoms with Crippen molar-refractivity contribution in [3.8, 4) is 5.75 Å². The molecule has 0 saturated carbocycles. The molecule has 7 nitrogen and oxygen atoms in total. The second kappa shape index (κ2) is 9.20. The summed E-state index contributed by atoms with van der Waals surface area (Å²) in [7, 11) is 3.31. The van der Waals surface area contributed by atoms with Crippen LogP contribution in [-0.2, 0) is 9.53 Å². The number of rotatable bonds is 3. The first-order chi connectivity index (χ1) is 14.2. The maximum Gasteiger partial charge on any atom is 0.573 e. The SMILES string of the molecule is COC(=O)c1ccc(OC(F)(F)F)cc1N1C[C@H]2CN(C)C[C@H]2C1.O=C(O)C(F)(F)F. The van der Waals surface area contributed by atoms with E-state index in [0.29, 0.717) is 30.6 Å². The van der Waals surface area contributed by atoms with Gasteiger partial charge in [-0.25, -0.2) is 9.59 Å². The van der Waals surface area contributed by atoms with Crippen LogP contribution < -0.4 is 9.64 Å². The fourth-order valence-corrected chi connectivity index (χ4v) is 3.68. The van der Waals surface area contributed by atoms with Crippen molar-refractivity contribution in [2.24, 2.45) is 11.8 Å². The first-order valence-electron chi connectivity index (χ1n) is 8.93. The van der Waals surface area contributed by atoms with Crippen molar-refractivity contribution >= 4 is 17.6 Å². The number of alkyl halides is 6. The van der Waals surface area contributed by atoms with Gasteiger partial charge in [0.15, 0.2) is 0 Å². The van der Waals surface area contributed by atoms with Crippen LogP contribution in [0.25, 0.3) is 0 Å². The van der Waals surface area contributed by atoms with Crippen LogP contribution in [0.4, 0.5) is 32.0 Å². The Bertz CT molecular complexity index is 800. The van der Waals surface area contributed by atoms with E-state index in [2.05, 4.69) is 16.7 Å². The lowest BCUT2D eigenvalue weighted by Gasteiger charge is -2.24. The number of anilines is 1. The summed E-state index contributed by atoms with van der Waals surface area (Å²) in [5.41, 5.74) is 0.681. The first kappa shape index (κ1) is 24.6. The summed E-state index contributed by atoms with van der Waals surface area (Å²) in [4.78, 5) is 25.1. The molecule has 0 aromatic heterocycles. The van der Waals surface area contributed by atoms with Crippen molar-refractivity contribution < 1.29 is 50.5 Å². The Labute approximate surface area is 173 Å². The third-order valence-corrected chi connectivity index (χ3v) is 4.86. The quantitative estimate of drug-likeness (QED) is 0.551. The normalized spacial score (nSPS) is 21.2. The minimum absolute atomic E-state index is 0.250. The number of esters is 1. The summed E-state index contributed by atoms with van der Waals surface area (Å²) in [5.74, 6) is -2.76. The monoisotopic (exact) mass is 458 g/mol. The Kier molecular flexibility index (Phi) is 7.29. The molecule has 0 aliphatic carbocycles. The van der Waals surface area contributed by atoms with Crippen LogP contribution in [0.2, 0.25) is 0 Å². The van der Waals surface area contributed by atoms with E-state index in [1.165, 1.54) is 19.2 Å². The molecule has 2 heterocycles. The summed E-state index contributed by atoms with van der Waals surface area (Å²) in [6.45, 7) is 3.31. The minimum atomic E-state index is -5.08. The van der Waals surface area contributed by atoms with Crippen molar-refractivity contribution in [1.82, 2.24) is 4.90 Å². The van der Waals surface area contributed by atoms with Gasteiger partial charge >= 0.3 is 24.5 Å². The molecule has 2 atom stereocenters. The molecule has 0 bridgehead atoms. The molecule has 1 aromatic rings. The van der Waals surface area contributed by atoms with E-state index in [-0.39, 0.29) is 11.3 Å². The molecular weight excluding hydrogens is 438 g/mol. The number of carboxylic acids is 1. The van der Waals surface area contributed by atoms with E-state index in [4.69, 9.17) is 14.6 Å². The number of carbonyl (C=O) groups is 2. The van der Waals surface area contributed by atoms with Gasteiger partial charge in [-0.2, -0.15) is 13.2 Å². The average Bonchev–Trinajstić information content (AvgIpc) is 3.16. The molecule has 3 rings (SSSR count). The number of halogens is 6. The van der Waals surface area contributed by atoms with Crippen molar-refractivity contribution in [2.75, 3.05) is 45.2 Å². The molecule has 13 heteroatoms. The largest absolute Gasteiger partial charge is 0.573 e. The number of fused-ring (bicyclic) bond motifs is 1. The molecule has 31 heavy (non-hydrogen) atoms. The topological polar surface area (TPSA) is 79.3 Å². The zero-order valence-corrected chi connectivity index (χ0v) is 16.5. The number of aliphatic carboxylic acids is 1. The number of benzene rings is 1. The Balaban J connectivity index is 0.000000423. The molecule has 2 fully saturated rings. The number of hydrogen-bond donors (Lipinski definition) is 1. The second-order valence-corrected chi connectivity index (χ2v) is 7.17. The van der Waals surface area contributed by atoms with Gasteiger partial charge in [0, 0.05) is 32.2 Å². The smallest absolute Gasteiger partial charge is 0.475 e. The highest BCUT2D eigenvalue weighted by Crippen LogP contribution is 2.37. The molecule has 1 N–H and O–H groups in total. The molecule has 174 valence electrons. The first-order valence-corrected chi connectivity index (χ1v) is 8.93. The van der Waals surface area contributed by atoms with E-state index >= 15 is 0 Å². The van der Waals surface area contributed by atoms with Gasteiger partial charge in [0.25, 0.3) is 0 Å². The number of methoxy groups -OCH3 is 1. The van der Waals surface area contributed by atoms with Crippen molar-refractivity contribution in [2.45, 2.75) is 12.5 Å². The lowest BCUT2D eigenvalue weighted by Crippen LogP contribution is -2.28. The van der Waals surface area contributed by atoms with Crippen LogP contribution in [0.3, 0.4) is 0 Å². The average molecular weight is 458 g/mol. The highest BCUT2D eigenvalue weighted by atomic mass is 19.4. The Morgan fingerprint density at radius 1 is 1.03 bits per heavy atom. The maximum absolute atomic E-state index is 12.5. The highest BCUT2D eigenvalue weighted by Gasteiger charge is 2.40. The molecule has 2 saturated heterocycles. The molecule has 0 radical (unpaired) electrons. The van der Waals surface area contributed by atoms with Crippen LogP contribution in [0, 0.1) is 11.8 Å².